The maximum atomic E-state index is 5.30. The highest BCUT2D eigenvalue weighted by Gasteiger charge is 2.09. The van der Waals surface area contributed by atoms with Crippen LogP contribution in [0.4, 0.5) is 5.69 Å². The Morgan fingerprint density at radius 2 is 2.14 bits per heavy atom. The van der Waals surface area contributed by atoms with Gasteiger partial charge in [-0.25, -0.2) is 4.98 Å². The Hall–Kier alpha value is -3.29. The highest BCUT2D eigenvalue weighted by molar-refractivity contribution is 5.79. The molecule has 0 spiro atoms. The van der Waals surface area contributed by atoms with Crippen molar-refractivity contribution in [2.24, 2.45) is 4.99 Å². The second-order valence-corrected chi connectivity index (χ2v) is 6.35. The molecule has 8 heteroatoms. The minimum atomic E-state index is 0.489. The molecular weight excluding hydrogens is 354 g/mol. The van der Waals surface area contributed by atoms with Crippen molar-refractivity contribution < 1.29 is 4.42 Å². The Morgan fingerprint density at radius 3 is 2.86 bits per heavy atom. The van der Waals surface area contributed by atoms with Crippen LogP contribution in [0.2, 0.25) is 0 Å². The van der Waals surface area contributed by atoms with Crippen LogP contribution in [0.25, 0.3) is 11.6 Å². The summed E-state index contributed by atoms with van der Waals surface area (Å²) in [5, 5.41) is 13.7. The second kappa shape index (κ2) is 9.59. The van der Waals surface area contributed by atoms with Gasteiger partial charge in [0.15, 0.2) is 11.7 Å². The number of anilines is 1. The molecular formula is C20H27N7O. The smallest absolute Gasteiger partial charge is 0.216 e. The Balaban J connectivity index is 1.47. The van der Waals surface area contributed by atoms with Gasteiger partial charge in [-0.15, -0.1) is 5.10 Å². The molecule has 148 valence electrons. The number of nitrogens with one attached hydrogen (secondary N) is 3. The van der Waals surface area contributed by atoms with E-state index in [1.807, 2.05) is 12.1 Å². The third-order valence-electron chi connectivity index (χ3n) is 4.34. The number of H-pyrrole nitrogens is 1. The molecule has 0 amide bonds. The minimum Gasteiger partial charge on any atom is -0.461 e. The lowest BCUT2D eigenvalue weighted by Crippen LogP contribution is -2.41. The first kappa shape index (κ1) is 19.5. The molecule has 0 radical (unpaired) electrons. The summed E-state index contributed by atoms with van der Waals surface area (Å²) < 4.78 is 5.30. The van der Waals surface area contributed by atoms with E-state index < -0.39 is 0 Å². The fourth-order valence-corrected chi connectivity index (χ4v) is 2.88. The van der Waals surface area contributed by atoms with Gasteiger partial charge in [0.05, 0.1) is 12.8 Å². The highest BCUT2D eigenvalue weighted by Crippen LogP contribution is 2.15. The van der Waals surface area contributed by atoms with Gasteiger partial charge in [0.2, 0.25) is 5.82 Å². The summed E-state index contributed by atoms with van der Waals surface area (Å²) >= 11 is 0. The van der Waals surface area contributed by atoms with E-state index in [4.69, 9.17) is 4.42 Å². The third kappa shape index (κ3) is 5.12. The van der Waals surface area contributed by atoms with Crippen molar-refractivity contribution in [1.82, 2.24) is 25.8 Å². The number of aliphatic imine (C=N–C) groups is 1. The number of furan rings is 1. The fourth-order valence-electron chi connectivity index (χ4n) is 2.88. The van der Waals surface area contributed by atoms with E-state index >= 15 is 0 Å². The number of hydrogen-bond donors (Lipinski definition) is 3. The van der Waals surface area contributed by atoms with Gasteiger partial charge in [-0.05, 0) is 43.7 Å². The zero-order valence-corrected chi connectivity index (χ0v) is 16.6. The maximum absolute atomic E-state index is 5.30. The number of rotatable bonds is 8. The number of nitrogens with zero attached hydrogens (tertiary/aromatic N) is 4. The van der Waals surface area contributed by atoms with E-state index in [1.54, 1.807) is 13.3 Å². The number of aromatic amines is 1. The topological polar surface area (TPSA) is 94.4 Å². The van der Waals surface area contributed by atoms with Crippen molar-refractivity contribution in [3.63, 3.8) is 0 Å². The molecule has 1 aromatic carbocycles. The number of hydrogen-bond acceptors (Lipinski definition) is 5. The van der Waals surface area contributed by atoms with Gasteiger partial charge in [0.25, 0.3) is 0 Å². The molecule has 28 heavy (non-hydrogen) atoms. The normalized spacial score (nSPS) is 11.5. The molecule has 0 saturated carbocycles. The standard InChI is InChI=1S/C20H27N7O/c1-4-27(16-8-5-7-15(2)13-16)11-10-22-20(21-3)23-14-18-24-19(26-25-18)17-9-6-12-28-17/h5-9,12-13H,4,10-11,14H2,1-3H3,(H2,21,22,23)(H,24,25,26). The number of aromatic nitrogens is 3. The summed E-state index contributed by atoms with van der Waals surface area (Å²) in [6, 6.07) is 12.2. The Morgan fingerprint density at radius 1 is 1.25 bits per heavy atom. The van der Waals surface area contributed by atoms with Crippen molar-refractivity contribution in [3.8, 4) is 11.6 Å². The van der Waals surface area contributed by atoms with Crippen LogP contribution in [0.15, 0.2) is 52.1 Å². The quantitative estimate of drug-likeness (QED) is 0.410. The van der Waals surface area contributed by atoms with Crippen LogP contribution in [-0.4, -0.2) is 47.8 Å². The summed E-state index contributed by atoms with van der Waals surface area (Å²) in [5.74, 6) is 2.61. The largest absolute Gasteiger partial charge is 0.461 e. The zero-order valence-electron chi connectivity index (χ0n) is 16.6. The van der Waals surface area contributed by atoms with Crippen molar-refractivity contribution >= 4 is 11.6 Å². The van der Waals surface area contributed by atoms with E-state index in [-0.39, 0.29) is 0 Å². The van der Waals surface area contributed by atoms with Crippen LogP contribution in [0.3, 0.4) is 0 Å². The summed E-state index contributed by atoms with van der Waals surface area (Å²) in [5.41, 5.74) is 2.50. The van der Waals surface area contributed by atoms with Gasteiger partial charge in [-0.3, -0.25) is 10.1 Å². The van der Waals surface area contributed by atoms with Gasteiger partial charge < -0.3 is 20.0 Å². The first-order valence-corrected chi connectivity index (χ1v) is 9.41. The predicted octanol–water partition coefficient (Wildman–Crippen LogP) is 2.56. The van der Waals surface area contributed by atoms with Crippen molar-refractivity contribution in [2.75, 3.05) is 31.6 Å². The van der Waals surface area contributed by atoms with Crippen LogP contribution in [0.5, 0.6) is 0 Å². The minimum absolute atomic E-state index is 0.489. The molecule has 3 aromatic rings. The number of likely N-dealkylation sites (N-methyl/N-ethyl adjacent to an activating group) is 1. The van der Waals surface area contributed by atoms with Gasteiger partial charge >= 0.3 is 0 Å². The van der Waals surface area contributed by atoms with E-state index in [2.05, 4.69) is 73.8 Å². The molecule has 0 bridgehead atoms. The molecule has 0 saturated heterocycles. The lowest BCUT2D eigenvalue weighted by molar-refractivity contribution is 0.577. The van der Waals surface area contributed by atoms with E-state index in [0.717, 1.165) is 25.6 Å². The lowest BCUT2D eigenvalue weighted by Gasteiger charge is -2.24. The molecule has 2 aromatic heterocycles. The molecule has 0 aliphatic carbocycles. The number of guanidine groups is 1. The van der Waals surface area contributed by atoms with Crippen LogP contribution in [0.1, 0.15) is 18.3 Å². The summed E-state index contributed by atoms with van der Waals surface area (Å²) in [7, 11) is 1.75. The maximum Gasteiger partial charge on any atom is 0.216 e. The third-order valence-corrected chi connectivity index (χ3v) is 4.34. The average molecular weight is 381 g/mol. The van der Waals surface area contributed by atoms with Crippen molar-refractivity contribution in [3.05, 3.63) is 54.0 Å². The van der Waals surface area contributed by atoms with Gasteiger partial charge in [0.1, 0.15) is 5.82 Å². The molecule has 0 aliphatic heterocycles. The Kier molecular flexibility index (Phi) is 6.67. The second-order valence-electron chi connectivity index (χ2n) is 6.35. The molecule has 0 aliphatic rings. The molecule has 0 atom stereocenters. The van der Waals surface area contributed by atoms with Gasteiger partial charge in [-0.2, -0.15) is 0 Å². The average Bonchev–Trinajstić information content (AvgIpc) is 3.39. The van der Waals surface area contributed by atoms with Crippen LogP contribution < -0.4 is 15.5 Å². The fraction of sp³-hybridized carbons (Fsp3) is 0.350. The van der Waals surface area contributed by atoms with E-state index in [0.29, 0.717) is 24.0 Å². The van der Waals surface area contributed by atoms with Gasteiger partial charge in [-0.1, -0.05) is 12.1 Å². The molecule has 3 N–H and O–H groups in total. The van der Waals surface area contributed by atoms with Crippen LogP contribution in [-0.2, 0) is 6.54 Å². The molecule has 8 nitrogen and oxygen atoms in total. The Bertz CT molecular complexity index is 886. The van der Waals surface area contributed by atoms with Gasteiger partial charge in [0, 0.05) is 32.4 Å². The summed E-state index contributed by atoms with van der Waals surface area (Å²) in [4.78, 5) is 11.0. The zero-order chi connectivity index (χ0) is 19.8. The Labute approximate surface area is 165 Å². The van der Waals surface area contributed by atoms with Crippen molar-refractivity contribution in [1.29, 1.82) is 0 Å². The molecule has 0 fully saturated rings. The van der Waals surface area contributed by atoms with Crippen LogP contribution in [0, 0.1) is 6.92 Å². The van der Waals surface area contributed by atoms with Crippen molar-refractivity contribution in [2.45, 2.75) is 20.4 Å². The monoisotopic (exact) mass is 381 g/mol. The lowest BCUT2D eigenvalue weighted by atomic mass is 10.2. The molecule has 2 heterocycles. The van der Waals surface area contributed by atoms with E-state index in [9.17, 15) is 0 Å². The summed E-state index contributed by atoms with van der Waals surface area (Å²) in [6.45, 7) is 7.37. The summed E-state index contributed by atoms with van der Waals surface area (Å²) in [6.07, 6.45) is 1.60. The molecule has 3 rings (SSSR count). The first-order chi connectivity index (χ1) is 13.7. The number of benzene rings is 1. The first-order valence-electron chi connectivity index (χ1n) is 9.41. The van der Waals surface area contributed by atoms with E-state index in [1.165, 1.54) is 11.3 Å². The number of aryl methyl sites for hydroxylation is 1. The predicted molar refractivity (Wildman–Crippen MR) is 111 cm³/mol. The SMILES string of the molecule is CCN(CCNC(=NC)NCc1nc(-c2ccco2)n[nH]1)c1cccc(C)c1. The molecule has 0 unspecified atom stereocenters. The highest BCUT2D eigenvalue weighted by atomic mass is 16.3. The van der Waals surface area contributed by atoms with Crippen LogP contribution >= 0.6 is 0 Å².